The lowest BCUT2D eigenvalue weighted by atomic mass is 9.75. The minimum atomic E-state index is -1.20. The van der Waals surface area contributed by atoms with E-state index in [0.717, 1.165) is 23.9 Å². The first kappa shape index (κ1) is 21.2. The molecule has 8 heteroatoms. The molecule has 1 aromatic heterocycles. The number of aromatic nitrogens is 2. The maximum Gasteiger partial charge on any atom is 0.241 e. The summed E-state index contributed by atoms with van der Waals surface area (Å²) in [6.45, 7) is 0.278. The van der Waals surface area contributed by atoms with Gasteiger partial charge < -0.3 is 14.6 Å². The van der Waals surface area contributed by atoms with Crippen molar-refractivity contribution in [2.24, 2.45) is 0 Å². The van der Waals surface area contributed by atoms with Crippen molar-refractivity contribution in [3.05, 3.63) is 59.9 Å². The lowest BCUT2D eigenvalue weighted by Crippen LogP contribution is -2.43. The summed E-state index contributed by atoms with van der Waals surface area (Å²) in [6, 6.07) is 14.7. The van der Waals surface area contributed by atoms with Crippen molar-refractivity contribution < 1.29 is 19.1 Å². The number of carbonyl (C=O) groups excluding carboxylic acids is 3. The number of amides is 3. The van der Waals surface area contributed by atoms with Crippen molar-refractivity contribution in [3.8, 4) is 5.75 Å². The van der Waals surface area contributed by atoms with Crippen LogP contribution >= 0.6 is 0 Å². The van der Waals surface area contributed by atoms with Crippen LogP contribution in [-0.4, -0.2) is 57.7 Å². The van der Waals surface area contributed by atoms with Gasteiger partial charge in [-0.05, 0) is 42.7 Å². The monoisotopic (exact) mass is 446 g/mol. The maximum absolute atomic E-state index is 13.6. The molecule has 2 fully saturated rings. The Morgan fingerprint density at radius 1 is 1.18 bits per heavy atom. The van der Waals surface area contributed by atoms with E-state index in [1.165, 1.54) is 4.90 Å². The number of para-hydroxylation sites is 2. The molecule has 0 bridgehead atoms. The van der Waals surface area contributed by atoms with E-state index in [1.54, 1.807) is 43.3 Å². The summed E-state index contributed by atoms with van der Waals surface area (Å²) in [5.74, 6) is 0.624. The Balaban J connectivity index is 1.42. The van der Waals surface area contributed by atoms with Gasteiger partial charge in [0.2, 0.25) is 17.7 Å². The number of imide groups is 1. The number of nitrogens with one attached hydrogen (secondary N) is 1. The Hall–Kier alpha value is -3.68. The van der Waals surface area contributed by atoms with Crippen LogP contribution in [0.25, 0.3) is 11.0 Å². The second-order valence-corrected chi connectivity index (χ2v) is 8.91. The summed E-state index contributed by atoms with van der Waals surface area (Å²) >= 11 is 0. The molecular weight excluding hydrogens is 420 g/mol. The number of methoxy groups -OCH3 is 1. The summed E-state index contributed by atoms with van der Waals surface area (Å²) in [5, 5.41) is 0. The van der Waals surface area contributed by atoms with Crippen LogP contribution in [0.4, 0.5) is 0 Å². The molecule has 0 spiro atoms. The second-order valence-electron chi connectivity index (χ2n) is 8.91. The fourth-order valence-electron chi connectivity index (χ4n) is 4.63. The summed E-state index contributed by atoms with van der Waals surface area (Å²) in [7, 11) is 3.26. The molecule has 0 radical (unpaired) electrons. The van der Waals surface area contributed by atoms with Crippen molar-refractivity contribution in [2.45, 2.75) is 43.7 Å². The summed E-state index contributed by atoms with van der Waals surface area (Å²) in [4.78, 5) is 50.5. The van der Waals surface area contributed by atoms with Crippen molar-refractivity contribution in [3.63, 3.8) is 0 Å². The lowest BCUT2D eigenvalue weighted by molar-refractivity contribution is -0.143. The quantitative estimate of drug-likeness (QED) is 0.563. The van der Waals surface area contributed by atoms with Crippen molar-refractivity contribution in [1.82, 2.24) is 19.8 Å². The van der Waals surface area contributed by atoms with Gasteiger partial charge in [-0.1, -0.05) is 24.3 Å². The summed E-state index contributed by atoms with van der Waals surface area (Å²) in [6.07, 6.45) is 1.58. The number of likely N-dealkylation sites (tertiary alicyclic amines) is 1. The minimum absolute atomic E-state index is 0.00111. The molecule has 170 valence electrons. The largest absolute Gasteiger partial charge is 0.497 e. The molecule has 33 heavy (non-hydrogen) atoms. The maximum atomic E-state index is 13.6. The number of rotatable bonds is 7. The molecule has 1 aliphatic heterocycles. The van der Waals surface area contributed by atoms with E-state index in [-0.39, 0.29) is 43.1 Å². The van der Waals surface area contributed by atoms with Crippen LogP contribution in [0.1, 0.15) is 37.1 Å². The van der Waals surface area contributed by atoms with Gasteiger partial charge in [0.25, 0.3) is 0 Å². The molecule has 1 saturated heterocycles. The summed E-state index contributed by atoms with van der Waals surface area (Å²) in [5.41, 5.74) is 1.19. The van der Waals surface area contributed by atoms with E-state index < -0.39 is 5.41 Å². The van der Waals surface area contributed by atoms with Crippen LogP contribution < -0.4 is 4.74 Å². The third-order valence-corrected chi connectivity index (χ3v) is 6.61. The number of nitrogens with zero attached hydrogens (tertiary/aromatic N) is 3. The molecule has 1 N–H and O–H groups in total. The Morgan fingerprint density at radius 3 is 2.58 bits per heavy atom. The first-order chi connectivity index (χ1) is 15.9. The standard InChI is InChI=1S/C25H26N4O4/c1-28(15-21-26-19-5-3-4-6-20(19)27-21)22(30)13-25(16-7-11-18(33-2)12-8-16)14-23(31)29(24(25)32)17-9-10-17/h3-8,11-12,17H,9-10,13-15H2,1-2H3,(H,26,27)/t25-/m1/s1. The number of hydrogen-bond acceptors (Lipinski definition) is 5. The normalized spacial score (nSPS) is 20.5. The Kier molecular flexibility index (Phi) is 5.15. The molecule has 1 saturated carbocycles. The number of aromatic amines is 1. The highest BCUT2D eigenvalue weighted by Gasteiger charge is 2.57. The molecule has 0 unspecified atom stereocenters. The van der Waals surface area contributed by atoms with E-state index in [2.05, 4.69) is 9.97 Å². The smallest absolute Gasteiger partial charge is 0.241 e. The molecule has 2 aliphatic rings. The SMILES string of the molecule is COc1ccc([C@@]2(CC(=O)N(C)Cc3nc4ccccc4[nH]3)CC(=O)N(C3CC3)C2=O)cc1. The molecule has 2 aromatic carbocycles. The Morgan fingerprint density at radius 2 is 1.91 bits per heavy atom. The van der Waals surface area contributed by atoms with E-state index in [9.17, 15) is 14.4 Å². The number of benzene rings is 2. The van der Waals surface area contributed by atoms with Crippen LogP contribution in [0.15, 0.2) is 48.5 Å². The number of fused-ring (bicyclic) bond motifs is 1. The third-order valence-electron chi connectivity index (χ3n) is 6.61. The van der Waals surface area contributed by atoms with Gasteiger partial charge in [0, 0.05) is 25.9 Å². The first-order valence-electron chi connectivity index (χ1n) is 11.1. The number of carbonyl (C=O) groups is 3. The number of H-pyrrole nitrogens is 1. The molecule has 3 amide bonds. The van der Waals surface area contributed by atoms with E-state index >= 15 is 0 Å². The zero-order valence-corrected chi connectivity index (χ0v) is 18.7. The zero-order chi connectivity index (χ0) is 23.2. The molecule has 8 nitrogen and oxygen atoms in total. The van der Waals surface area contributed by atoms with E-state index in [0.29, 0.717) is 17.1 Å². The van der Waals surface area contributed by atoms with Crippen molar-refractivity contribution >= 4 is 28.8 Å². The fraction of sp³-hybridized carbons (Fsp3) is 0.360. The van der Waals surface area contributed by atoms with Gasteiger partial charge in [0.1, 0.15) is 11.6 Å². The highest BCUT2D eigenvalue weighted by molar-refractivity contribution is 6.11. The highest BCUT2D eigenvalue weighted by Crippen LogP contribution is 2.44. The minimum Gasteiger partial charge on any atom is -0.497 e. The van der Waals surface area contributed by atoms with Gasteiger partial charge >= 0.3 is 0 Å². The molecular formula is C25H26N4O4. The first-order valence-corrected chi connectivity index (χ1v) is 11.1. The van der Waals surface area contributed by atoms with Gasteiger partial charge in [-0.2, -0.15) is 0 Å². The van der Waals surface area contributed by atoms with Gasteiger partial charge in [-0.25, -0.2) is 4.98 Å². The average molecular weight is 447 g/mol. The van der Waals surface area contributed by atoms with Gasteiger partial charge in [0.15, 0.2) is 0 Å². The van der Waals surface area contributed by atoms with E-state index in [4.69, 9.17) is 4.74 Å². The van der Waals surface area contributed by atoms with Crippen molar-refractivity contribution in [1.29, 1.82) is 0 Å². The molecule has 1 atom stereocenters. The number of hydrogen-bond donors (Lipinski definition) is 1. The third kappa shape index (κ3) is 3.75. The number of imidazole rings is 1. The van der Waals surface area contributed by atoms with Gasteiger partial charge in [0.05, 0.1) is 30.1 Å². The van der Waals surface area contributed by atoms with Crippen LogP contribution in [0.2, 0.25) is 0 Å². The molecule has 2 heterocycles. The van der Waals surface area contributed by atoms with Crippen LogP contribution in [0, 0.1) is 0 Å². The molecule has 3 aromatic rings. The van der Waals surface area contributed by atoms with E-state index in [1.807, 2.05) is 24.3 Å². The fourth-order valence-corrected chi connectivity index (χ4v) is 4.63. The lowest BCUT2D eigenvalue weighted by Gasteiger charge is -2.29. The molecule has 1 aliphatic carbocycles. The second kappa shape index (κ2) is 8.03. The van der Waals surface area contributed by atoms with Crippen molar-refractivity contribution in [2.75, 3.05) is 14.2 Å². The highest BCUT2D eigenvalue weighted by atomic mass is 16.5. The topological polar surface area (TPSA) is 95.6 Å². The molecule has 5 rings (SSSR count). The van der Waals surface area contributed by atoms with Gasteiger partial charge in [-0.3, -0.25) is 19.3 Å². The average Bonchev–Trinajstić information content (AvgIpc) is 3.50. The zero-order valence-electron chi connectivity index (χ0n) is 18.7. The Labute approximate surface area is 191 Å². The predicted molar refractivity (Wildman–Crippen MR) is 121 cm³/mol. The number of ether oxygens (including phenoxy) is 1. The summed E-state index contributed by atoms with van der Waals surface area (Å²) < 4.78 is 5.24. The van der Waals surface area contributed by atoms with Crippen LogP contribution in [0.5, 0.6) is 5.75 Å². The predicted octanol–water partition coefficient (Wildman–Crippen LogP) is 2.78. The van der Waals surface area contributed by atoms with Crippen LogP contribution in [-0.2, 0) is 26.3 Å². The Bertz CT molecular complexity index is 1200. The van der Waals surface area contributed by atoms with Crippen LogP contribution in [0.3, 0.4) is 0 Å². The van der Waals surface area contributed by atoms with Gasteiger partial charge in [-0.15, -0.1) is 0 Å².